The van der Waals surface area contributed by atoms with E-state index < -0.39 is 23.8 Å². The van der Waals surface area contributed by atoms with Crippen molar-refractivity contribution >= 4 is 23.8 Å². The van der Waals surface area contributed by atoms with E-state index in [0.29, 0.717) is 5.56 Å². The lowest BCUT2D eigenvalue weighted by molar-refractivity contribution is -0.137. The number of methoxy groups -OCH3 is 1. The molecule has 0 fully saturated rings. The molecule has 1 amide bonds. The van der Waals surface area contributed by atoms with Crippen LogP contribution in [0.25, 0.3) is 0 Å². The van der Waals surface area contributed by atoms with Gasteiger partial charge in [0.2, 0.25) is 0 Å². The number of likely N-dealkylation sites (N-methyl/N-ethyl adjacent to an activating group) is 1. The first kappa shape index (κ1) is 22.4. The number of ketones is 1. The molecule has 8 heteroatoms. The molecule has 0 radical (unpaired) electrons. The number of allylic oxidation sites excluding steroid dienone is 1. The van der Waals surface area contributed by atoms with Gasteiger partial charge in [0.1, 0.15) is 11.4 Å². The fourth-order valence-electron chi connectivity index (χ4n) is 2.35. The van der Waals surface area contributed by atoms with Gasteiger partial charge >= 0.3 is 18.0 Å². The zero-order valence-corrected chi connectivity index (χ0v) is 16.8. The summed E-state index contributed by atoms with van der Waals surface area (Å²) in [4.78, 5) is 49.4. The zero-order chi connectivity index (χ0) is 22.1. The lowest BCUT2D eigenvalue weighted by Crippen LogP contribution is -2.32. The molecule has 0 aliphatic carbocycles. The number of ether oxygens (including phenoxy) is 3. The predicted molar refractivity (Wildman–Crippen MR) is 107 cm³/mol. The number of esters is 2. The Balaban J connectivity index is 2.17. The lowest BCUT2D eigenvalue weighted by Gasteiger charge is -2.18. The van der Waals surface area contributed by atoms with Crippen molar-refractivity contribution in [3.8, 4) is 5.75 Å². The van der Waals surface area contributed by atoms with Crippen molar-refractivity contribution in [1.82, 2.24) is 4.90 Å². The molecule has 0 heterocycles. The highest BCUT2D eigenvalue weighted by molar-refractivity contribution is 6.09. The molecule has 0 aromatic heterocycles. The smallest absolute Gasteiger partial charge is 0.414 e. The maximum absolute atomic E-state index is 12.5. The monoisotopic (exact) mass is 411 g/mol. The van der Waals surface area contributed by atoms with Crippen molar-refractivity contribution in [3.63, 3.8) is 0 Å². The van der Waals surface area contributed by atoms with Crippen LogP contribution in [0.1, 0.15) is 27.6 Å². The largest absolute Gasteiger partial charge is 0.464 e. The van der Waals surface area contributed by atoms with E-state index in [1.807, 2.05) is 0 Å². The van der Waals surface area contributed by atoms with Crippen molar-refractivity contribution < 1.29 is 33.4 Å². The number of carbonyl (C=O) groups excluding carboxylic acids is 4. The summed E-state index contributed by atoms with van der Waals surface area (Å²) in [5.74, 6) is -1.69. The third kappa shape index (κ3) is 5.78. The summed E-state index contributed by atoms with van der Waals surface area (Å²) in [6, 6.07) is 14.3. The van der Waals surface area contributed by atoms with Crippen molar-refractivity contribution in [2.75, 3.05) is 20.8 Å². The number of amides is 1. The Morgan fingerprint density at radius 2 is 1.57 bits per heavy atom. The van der Waals surface area contributed by atoms with E-state index in [1.165, 1.54) is 31.3 Å². The summed E-state index contributed by atoms with van der Waals surface area (Å²) >= 11 is 0. The third-order valence-electron chi connectivity index (χ3n) is 3.92. The van der Waals surface area contributed by atoms with Gasteiger partial charge in [-0.2, -0.15) is 0 Å². The quantitative estimate of drug-likeness (QED) is 0.298. The van der Waals surface area contributed by atoms with Gasteiger partial charge in [0, 0.05) is 18.7 Å². The highest BCUT2D eigenvalue weighted by Crippen LogP contribution is 2.16. The number of benzene rings is 2. The van der Waals surface area contributed by atoms with Crippen LogP contribution in [-0.2, 0) is 14.3 Å². The minimum Gasteiger partial charge on any atom is -0.464 e. The maximum atomic E-state index is 12.5. The van der Waals surface area contributed by atoms with E-state index in [2.05, 4.69) is 4.74 Å². The normalized spacial score (nSPS) is 10.7. The Bertz CT molecular complexity index is 949. The molecule has 0 saturated carbocycles. The average Bonchev–Trinajstić information content (AvgIpc) is 2.77. The average molecular weight is 411 g/mol. The van der Waals surface area contributed by atoms with E-state index in [9.17, 15) is 19.2 Å². The second kappa shape index (κ2) is 10.6. The van der Waals surface area contributed by atoms with Gasteiger partial charge in [-0.15, -0.1) is 0 Å². The number of rotatable bonds is 7. The molecule has 0 aliphatic heterocycles. The van der Waals surface area contributed by atoms with Crippen molar-refractivity contribution in [2.24, 2.45) is 0 Å². The molecule has 8 nitrogen and oxygen atoms in total. The topological polar surface area (TPSA) is 99.2 Å². The fourth-order valence-corrected chi connectivity index (χ4v) is 2.35. The van der Waals surface area contributed by atoms with E-state index in [-0.39, 0.29) is 23.6 Å². The first-order chi connectivity index (χ1) is 14.4. The van der Waals surface area contributed by atoms with Gasteiger partial charge in [0.25, 0.3) is 0 Å². The minimum absolute atomic E-state index is 0.106. The maximum Gasteiger partial charge on any atom is 0.414 e. The molecule has 30 heavy (non-hydrogen) atoms. The van der Waals surface area contributed by atoms with E-state index in [0.717, 1.165) is 18.1 Å². The molecule has 0 N–H and O–H groups in total. The van der Waals surface area contributed by atoms with Crippen LogP contribution in [0.5, 0.6) is 5.75 Å². The summed E-state index contributed by atoms with van der Waals surface area (Å²) in [5.41, 5.74) is 0.332. The van der Waals surface area contributed by atoms with Crippen molar-refractivity contribution in [3.05, 3.63) is 77.5 Å². The standard InChI is InChI=1S/C22H21NO7/c1-4-29-22(27)23(2)18(21(26)28-3)14-19(24)15-10-12-17(13-11-15)30-20(25)16-8-6-5-7-9-16/h5-14H,4H2,1-3H3/b18-14+. The van der Waals surface area contributed by atoms with Gasteiger partial charge in [0.15, 0.2) is 5.78 Å². The van der Waals surface area contributed by atoms with Crippen molar-refractivity contribution in [1.29, 1.82) is 0 Å². The molecule has 0 bridgehead atoms. The predicted octanol–water partition coefficient (Wildman–Crippen LogP) is 3.23. The zero-order valence-electron chi connectivity index (χ0n) is 16.8. The number of hydrogen-bond donors (Lipinski definition) is 0. The highest BCUT2D eigenvalue weighted by Gasteiger charge is 2.23. The molecular weight excluding hydrogens is 390 g/mol. The molecule has 0 saturated heterocycles. The SMILES string of the molecule is CCOC(=O)N(C)/C(=C/C(=O)c1ccc(OC(=O)c2ccccc2)cc1)C(=O)OC. The lowest BCUT2D eigenvalue weighted by atomic mass is 10.1. The van der Waals surface area contributed by atoms with E-state index in [4.69, 9.17) is 9.47 Å². The first-order valence-corrected chi connectivity index (χ1v) is 8.99. The third-order valence-corrected chi connectivity index (χ3v) is 3.92. The summed E-state index contributed by atoms with van der Waals surface area (Å²) in [7, 11) is 2.43. The number of nitrogens with zero attached hydrogens (tertiary/aromatic N) is 1. The van der Waals surface area contributed by atoms with E-state index in [1.54, 1.807) is 37.3 Å². The van der Waals surface area contributed by atoms with Gasteiger partial charge < -0.3 is 14.2 Å². The van der Waals surface area contributed by atoms with Gasteiger partial charge in [0.05, 0.1) is 19.3 Å². The molecule has 2 aromatic carbocycles. The Kier molecular flexibility index (Phi) is 7.87. The van der Waals surface area contributed by atoms with Gasteiger partial charge in [-0.3, -0.25) is 9.69 Å². The number of carbonyl (C=O) groups is 4. The molecule has 0 aliphatic rings. The van der Waals surface area contributed by atoms with Crippen LogP contribution in [0.3, 0.4) is 0 Å². The molecular formula is C22H21NO7. The Labute approximate surface area is 173 Å². The first-order valence-electron chi connectivity index (χ1n) is 8.99. The van der Waals surface area contributed by atoms with Gasteiger partial charge in [-0.1, -0.05) is 18.2 Å². The van der Waals surface area contributed by atoms with Gasteiger partial charge in [-0.25, -0.2) is 14.4 Å². The summed E-state index contributed by atoms with van der Waals surface area (Å²) in [5, 5.41) is 0. The molecule has 2 aromatic rings. The van der Waals surface area contributed by atoms with Gasteiger partial charge in [-0.05, 0) is 43.3 Å². The van der Waals surface area contributed by atoms with Crippen LogP contribution < -0.4 is 4.74 Å². The second-order valence-corrected chi connectivity index (χ2v) is 5.92. The van der Waals surface area contributed by atoms with Crippen LogP contribution in [0.15, 0.2) is 66.4 Å². The highest BCUT2D eigenvalue weighted by atomic mass is 16.6. The molecule has 156 valence electrons. The summed E-state index contributed by atoms with van der Waals surface area (Å²) in [6.07, 6.45) is 0.179. The second-order valence-electron chi connectivity index (χ2n) is 5.92. The molecule has 2 rings (SSSR count). The summed E-state index contributed by atoms with van der Waals surface area (Å²) in [6.45, 7) is 1.72. The Hall–Kier alpha value is -3.94. The van der Waals surface area contributed by atoms with Crippen LogP contribution in [0.2, 0.25) is 0 Å². The van der Waals surface area contributed by atoms with E-state index >= 15 is 0 Å². The molecule has 0 spiro atoms. The van der Waals surface area contributed by atoms with Crippen molar-refractivity contribution in [2.45, 2.75) is 6.92 Å². The molecule has 0 atom stereocenters. The fraction of sp³-hybridized carbons (Fsp3) is 0.182. The van der Waals surface area contributed by atoms with Crippen LogP contribution >= 0.6 is 0 Å². The Morgan fingerprint density at radius 1 is 0.933 bits per heavy atom. The molecule has 0 unspecified atom stereocenters. The van der Waals surface area contributed by atoms with Crippen LogP contribution in [-0.4, -0.2) is 49.5 Å². The number of hydrogen-bond acceptors (Lipinski definition) is 7. The van der Waals surface area contributed by atoms with Crippen LogP contribution in [0.4, 0.5) is 4.79 Å². The van der Waals surface area contributed by atoms with Crippen LogP contribution in [0, 0.1) is 0 Å². The minimum atomic E-state index is -0.868. The Morgan fingerprint density at radius 3 is 2.13 bits per heavy atom. The summed E-state index contributed by atoms with van der Waals surface area (Å²) < 4.78 is 14.7.